The zero-order valence-corrected chi connectivity index (χ0v) is 6.70. The van der Waals surface area contributed by atoms with Crippen LogP contribution in [0.1, 0.15) is 12.2 Å². The normalized spacial score (nSPS) is 15.3. The van der Waals surface area contributed by atoms with E-state index in [0.717, 1.165) is 18.6 Å². The first kappa shape index (κ1) is 6.17. The molecule has 3 nitrogen and oxygen atoms in total. The van der Waals surface area contributed by atoms with Crippen molar-refractivity contribution in [2.24, 2.45) is 0 Å². The fraction of sp³-hybridized carbons (Fsp3) is 0.333. The average Bonchev–Trinajstić information content (AvgIpc) is 2.62. The molecular formula is C9H9N3. The first-order valence-electron chi connectivity index (χ1n) is 4.25. The first-order valence-corrected chi connectivity index (χ1v) is 4.25. The molecule has 0 amide bonds. The second-order valence-corrected chi connectivity index (χ2v) is 3.13. The van der Waals surface area contributed by atoms with E-state index in [2.05, 4.69) is 20.6 Å². The molecule has 3 heterocycles. The molecule has 12 heavy (non-hydrogen) atoms. The van der Waals surface area contributed by atoms with Crippen LogP contribution in [-0.4, -0.2) is 14.5 Å². The van der Waals surface area contributed by atoms with Crippen LogP contribution in [0.15, 0.2) is 18.3 Å². The largest absolute Gasteiger partial charge is 0.327 e. The molecule has 0 N–H and O–H groups in total. The van der Waals surface area contributed by atoms with Gasteiger partial charge in [0.2, 0.25) is 0 Å². The number of nitrogens with zero attached hydrogens (tertiary/aromatic N) is 3. The van der Waals surface area contributed by atoms with Crippen molar-refractivity contribution in [3.05, 3.63) is 24.2 Å². The van der Waals surface area contributed by atoms with Gasteiger partial charge in [0.15, 0.2) is 5.65 Å². The Morgan fingerprint density at radius 3 is 3.42 bits per heavy atom. The molecule has 3 heteroatoms. The lowest BCUT2D eigenvalue weighted by Crippen LogP contribution is -1.90. The van der Waals surface area contributed by atoms with Crippen LogP contribution in [0.3, 0.4) is 0 Å². The van der Waals surface area contributed by atoms with Crippen molar-refractivity contribution in [2.75, 3.05) is 0 Å². The maximum absolute atomic E-state index is 4.45. The molecule has 1 aliphatic rings. The molecular weight excluding hydrogens is 150 g/mol. The third kappa shape index (κ3) is 0.656. The number of fused-ring (bicyclic) bond motifs is 3. The van der Waals surface area contributed by atoms with Gasteiger partial charge in [-0.1, -0.05) is 0 Å². The summed E-state index contributed by atoms with van der Waals surface area (Å²) in [6.07, 6.45) is 4.13. The zero-order chi connectivity index (χ0) is 7.97. The monoisotopic (exact) mass is 159 g/mol. The van der Waals surface area contributed by atoms with Gasteiger partial charge in [0.1, 0.15) is 5.82 Å². The van der Waals surface area contributed by atoms with E-state index in [4.69, 9.17) is 0 Å². The van der Waals surface area contributed by atoms with Crippen molar-refractivity contribution < 1.29 is 0 Å². The van der Waals surface area contributed by atoms with E-state index in [0.29, 0.717) is 0 Å². The molecule has 0 atom stereocenters. The van der Waals surface area contributed by atoms with Crippen LogP contribution in [0.5, 0.6) is 0 Å². The predicted octanol–water partition coefficient (Wildman–Crippen LogP) is 1.38. The number of aryl methyl sites for hydroxylation is 2. The Bertz CT molecular complexity index is 430. The topological polar surface area (TPSA) is 30.7 Å². The van der Waals surface area contributed by atoms with E-state index in [1.54, 1.807) is 6.20 Å². The van der Waals surface area contributed by atoms with Gasteiger partial charge in [-0.05, 0) is 18.6 Å². The zero-order valence-electron chi connectivity index (χ0n) is 6.70. The Hall–Kier alpha value is -1.38. The van der Waals surface area contributed by atoms with Gasteiger partial charge < -0.3 is 4.57 Å². The van der Waals surface area contributed by atoms with E-state index < -0.39 is 0 Å². The summed E-state index contributed by atoms with van der Waals surface area (Å²) in [4.78, 5) is 8.66. The molecule has 0 aliphatic carbocycles. The highest BCUT2D eigenvalue weighted by molar-refractivity contribution is 5.71. The van der Waals surface area contributed by atoms with Gasteiger partial charge in [0.05, 0.1) is 5.52 Å². The maximum atomic E-state index is 4.45. The molecule has 60 valence electrons. The first-order chi connectivity index (χ1) is 5.95. The summed E-state index contributed by atoms with van der Waals surface area (Å²) in [6, 6.07) is 4.06. The van der Waals surface area contributed by atoms with Gasteiger partial charge in [0, 0.05) is 19.2 Å². The lowest BCUT2D eigenvalue weighted by atomic mass is 10.3. The second-order valence-electron chi connectivity index (χ2n) is 3.13. The maximum Gasteiger partial charge on any atom is 0.177 e. The molecule has 1 aliphatic heterocycles. The number of aromatic nitrogens is 3. The lowest BCUT2D eigenvalue weighted by Gasteiger charge is -1.95. The summed E-state index contributed by atoms with van der Waals surface area (Å²) in [6.45, 7) is 1.11. The SMILES string of the molecule is c1cnc2nc3n(c2c1)CCC3. The molecule has 0 saturated carbocycles. The van der Waals surface area contributed by atoms with Crippen LogP contribution >= 0.6 is 0 Å². The van der Waals surface area contributed by atoms with Crippen LogP contribution in [0, 0.1) is 0 Å². The van der Waals surface area contributed by atoms with E-state index in [1.807, 2.05) is 6.07 Å². The van der Waals surface area contributed by atoms with Gasteiger partial charge in [-0.2, -0.15) is 0 Å². The summed E-state index contributed by atoms with van der Waals surface area (Å²) >= 11 is 0. The fourth-order valence-corrected chi connectivity index (χ4v) is 1.84. The van der Waals surface area contributed by atoms with Crippen LogP contribution in [0.4, 0.5) is 0 Å². The third-order valence-corrected chi connectivity index (χ3v) is 2.39. The highest BCUT2D eigenvalue weighted by atomic mass is 15.1. The molecule has 0 aromatic carbocycles. The fourth-order valence-electron chi connectivity index (χ4n) is 1.84. The van der Waals surface area contributed by atoms with Gasteiger partial charge >= 0.3 is 0 Å². The Balaban J connectivity index is 2.44. The van der Waals surface area contributed by atoms with E-state index in [9.17, 15) is 0 Å². The van der Waals surface area contributed by atoms with Crippen LogP contribution in [0.25, 0.3) is 11.2 Å². The van der Waals surface area contributed by atoms with E-state index >= 15 is 0 Å². The van der Waals surface area contributed by atoms with Crippen molar-refractivity contribution in [3.8, 4) is 0 Å². The average molecular weight is 159 g/mol. The highest BCUT2D eigenvalue weighted by Crippen LogP contribution is 2.20. The van der Waals surface area contributed by atoms with Crippen molar-refractivity contribution >= 4 is 11.2 Å². The summed E-state index contributed by atoms with van der Waals surface area (Å²) in [5.41, 5.74) is 2.08. The quantitative estimate of drug-likeness (QED) is 0.581. The Morgan fingerprint density at radius 2 is 2.42 bits per heavy atom. The Kier molecular flexibility index (Phi) is 1.06. The smallest absolute Gasteiger partial charge is 0.177 e. The number of imidazole rings is 1. The number of rotatable bonds is 0. The standard InChI is InChI=1S/C9H9N3/c1-3-7-9(10-5-1)11-8-4-2-6-12(7)8/h1,3,5H,2,4,6H2. The lowest BCUT2D eigenvalue weighted by molar-refractivity contribution is 0.771. The van der Waals surface area contributed by atoms with Crippen molar-refractivity contribution in [1.29, 1.82) is 0 Å². The molecule has 2 aromatic rings. The van der Waals surface area contributed by atoms with Crippen LogP contribution in [0.2, 0.25) is 0 Å². The molecule has 0 fully saturated rings. The summed E-state index contributed by atoms with van der Waals surface area (Å²) in [5.74, 6) is 1.20. The Morgan fingerprint density at radius 1 is 1.42 bits per heavy atom. The molecule has 3 rings (SSSR count). The van der Waals surface area contributed by atoms with Crippen LogP contribution < -0.4 is 0 Å². The Labute approximate surface area is 70.1 Å². The number of hydrogen-bond donors (Lipinski definition) is 0. The van der Waals surface area contributed by atoms with E-state index in [1.165, 1.54) is 17.8 Å². The molecule has 0 spiro atoms. The molecule has 0 bridgehead atoms. The number of pyridine rings is 1. The molecule has 0 saturated heterocycles. The van der Waals surface area contributed by atoms with Gasteiger partial charge in [-0.15, -0.1) is 0 Å². The summed E-state index contributed by atoms with van der Waals surface area (Å²) in [7, 11) is 0. The number of hydrogen-bond acceptors (Lipinski definition) is 2. The minimum atomic E-state index is 0.896. The predicted molar refractivity (Wildman–Crippen MR) is 45.8 cm³/mol. The van der Waals surface area contributed by atoms with Gasteiger partial charge in [0.25, 0.3) is 0 Å². The minimum Gasteiger partial charge on any atom is -0.327 e. The summed E-state index contributed by atoms with van der Waals surface area (Å²) < 4.78 is 2.27. The highest BCUT2D eigenvalue weighted by Gasteiger charge is 2.15. The van der Waals surface area contributed by atoms with Gasteiger partial charge in [-0.25, -0.2) is 9.97 Å². The molecule has 0 radical (unpaired) electrons. The summed E-state index contributed by atoms with van der Waals surface area (Å²) in [5, 5.41) is 0. The van der Waals surface area contributed by atoms with E-state index in [-0.39, 0.29) is 0 Å². The van der Waals surface area contributed by atoms with Crippen molar-refractivity contribution in [3.63, 3.8) is 0 Å². The van der Waals surface area contributed by atoms with Crippen LogP contribution in [-0.2, 0) is 13.0 Å². The van der Waals surface area contributed by atoms with Crippen molar-refractivity contribution in [1.82, 2.24) is 14.5 Å². The molecule has 2 aromatic heterocycles. The van der Waals surface area contributed by atoms with Crippen molar-refractivity contribution in [2.45, 2.75) is 19.4 Å². The molecule has 0 unspecified atom stereocenters. The third-order valence-electron chi connectivity index (χ3n) is 2.39. The van der Waals surface area contributed by atoms with Gasteiger partial charge in [-0.3, -0.25) is 0 Å². The minimum absolute atomic E-state index is 0.896. The second kappa shape index (κ2) is 2.06.